The van der Waals surface area contributed by atoms with Gasteiger partial charge < -0.3 is 11.1 Å². The van der Waals surface area contributed by atoms with E-state index in [0.29, 0.717) is 11.4 Å². The number of nitrogens with zero attached hydrogens (tertiary/aromatic N) is 2. The van der Waals surface area contributed by atoms with Gasteiger partial charge in [-0.15, -0.1) is 36.2 Å². The summed E-state index contributed by atoms with van der Waals surface area (Å²) in [5.74, 6) is -0.133. The molecule has 2 aromatic rings. The number of nitrogens with one attached hydrogen (secondary N) is 1. The van der Waals surface area contributed by atoms with Crippen LogP contribution in [0.1, 0.15) is 36.4 Å². The normalized spacial score (nSPS) is 10.4. The van der Waals surface area contributed by atoms with Crippen LogP contribution in [0.25, 0.3) is 10.7 Å². The predicted octanol–water partition coefficient (Wildman–Crippen LogP) is 3.30. The first-order valence-corrected chi connectivity index (χ1v) is 7.84. The molecule has 0 atom stereocenters. The largest absolute Gasteiger partial charge is 0.349 e. The van der Waals surface area contributed by atoms with E-state index >= 15 is 0 Å². The van der Waals surface area contributed by atoms with Crippen LogP contribution in [0.3, 0.4) is 0 Å². The van der Waals surface area contributed by atoms with E-state index in [4.69, 9.17) is 5.73 Å². The molecule has 0 fully saturated rings. The summed E-state index contributed by atoms with van der Waals surface area (Å²) in [6, 6.07) is 5.62. The van der Waals surface area contributed by atoms with Crippen molar-refractivity contribution in [2.45, 2.75) is 32.2 Å². The molecule has 8 heteroatoms. The summed E-state index contributed by atoms with van der Waals surface area (Å²) in [7, 11) is 0. The van der Waals surface area contributed by atoms with Crippen molar-refractivity contribution in [2.24, 2.45) is 5.73 Å². The van der Waals surface area contributed by atoms with Crippen LogP contribution in [0.4, 0.5) is 0 Å². The van der Waals surface area contributed by atoms with E-state index in [-0.39, 0.29) is 36.3 Å². The molecular formula is C15H22Cl2N4OS. The highest BCUT2D eigenvalue weighted by atomic mass is 35.5. The van der Waals surface area contributed by atoms with E-state index in [9.17, 15) is 4.79 Å². The molecule has 0 saturated heterocycles. The van der Waals surface area contributed by atoms with Crippen molar-refractivity contribution in [3.8, 4) is 10.7 Å². The number of carbonyl (C=O) groups is 1. The van der Waals surface area contributed by atoms with Crippen LogP contribution in [-0.4, -0.2) is 28.0 Å². The first-order valence-electron chi connectivity index (χ1n) is 7.02. The van der Waals surface area contributed by atoms with Crippen LogP contribution in [-0.2, 0) is 0 Å². The SMILES string of the molecule is CCC(N)(CC)CNC(=O)c1cnc(-c2ccccn2)s1.Cl.Cl. The topological polar surface area (TPSA) is 80.9 Å². The maximum atomic E-state index is 12.2. The van der Waals surface area contributed by atoms with Gasteiger partial charge in [0.1, 0.15) is 9.88 Å². The van der Waals surface area contributed by atoms with E-state index in [2.05, 4.69) is 15.3 Å². The lowest BCUT2D eigenvalue weighted by atomic mass is 9.94. The maximum absolute atomic E-state index is 12.2. The number of aromatic nitrogens is 2. The van der Waals surface area contributed by atoms with Crippen molar-refractivity contribution in [3.05, 3.63) is 35.5 Å². The fraction of sp³-hybridized carbons (Fsp3) is 0.400. The molecule has 5 nitrogen and oxygen atoms in total. The number of halogens is 2. The molecular weight excluding hydrogens is 355 g/mol. The highest BCUT2D eigenvalue weighted by Crippen LogP contribution is 2.23. The first kappa shape index (κ1) is 21.8. The second-order valence-electron chi connectivity index (χ2n) is 5.00. The van der Waals surface area contributed by atoms with Gasteiger partial charge in [-0.3, -0.25) is 9.78 Å². The Morgan fingerprint density at radius 1 is 1.26 bits per heavy atom. The molecule has 1 amide bonds. The molecule has 128 valence electrons. The number of amides is 1. The Morgan fingerprint density at radius 3 is 2.52 bits per heavy atom. The van der Waals surface area contributed by atoms with E-state index in [1.54, 1.807) is 12.4 Å². The Bertz CT molecular complexity index is 603. The molecule has 0 spiro atoms. The Labute approximate surface area is 152 Å². The Balaban J connectivity index is 0.00000242. The second-order valence-corrected chi connectivity index (χ2v) is 6.03. The van der Waals surface area contributed by atoms with Crippen molar-refractivity contribution in [3.63, 3.8) is 0 Å². The van der Waals surface area contributed by atoms with E-state index < -0.39 is 0 Å². The van der Waals surface area contributed by atoms with Crippen LogP contribution in [0.15, 0.2) is 30.6 Å². The molecule has 0 radical (unpaired) electrons. The lowest BCUT2D eigenvalue weighted by molar-refractivity contribution is 0.0946. The molecule has 0 aromatic carbocycles. The average Bonchev–Trinajstić information content (AvgIpc) is 3.03. The van der Waals surface area contributed by atoms with Gasteiger partial charge in [0.2, 0.25) is 0 Å². The van der Waals surface area contributed by atoms with Gasteiger partial charge in [0, 0.05) is 18.3 Å². The molecule has 2 rings (SSSR count). The van der Waals surface area contributed by atoms with Gasteiger partial charge in [-0.2, -0.15) is 0 Å². The summed E-state index contributed by atoms with van der Waals surface area (Å²) in [6.07, 6.45) is 4.94. The van der Waals surface area contributed by atoms with Gasteiger partial charge in [0.15, 0.2) is 0 Å². The summed E-state index contributed by atoms with van der Waals surface area (Å²) >= 11 is 1.33. The molecule has 2 heterocycles. The van der Waals surface area contributed by atoms with Crippen molar-refractivity contribution >= 4 is 42.1 Å². The van der Waals surface area contributed by atoms with E-state index in [1.165, 1.54) is 11.3 Å². The Hall–Kier alpha value is -1.21. The van der Waals surface area contributed by atoms with Gasteiger partial charge in [-0.25, -0.2) is 4.98 Å². The summed E-state index contributed by atoms with van der Waals surface area (Å²) in [4.78, 5) is 21.2. The molecule has 3 N–H and O–H groups in total. The third-order valence-corrected chi connectivity index (χ3v) is 4.64. The van der Waals surface area contributed by atoms with Crippen LogP contribution in [0, 0.1) is 0 Å². The lowest BCUT2D eigenvalue weighted by Crippen LogP contribution is -2.49. The quantitative estimate of drug-likeness (QED) is 0.810. The number of nitrogens with two attached hydrogens (primary N) is 1. The molecule has 0 unspecified atom stereocenters. The number of hydrogen-bond acceptors (Lipinski definition) is 5. The van der Waals surface area contributed by atoms with Gasteiger partial charge >= 0.3 is 0 Å². The highest BCUT2D eigenvalue weighted by molar-refractivity contribution is 7.16. The average molecular weight is 377 g/mol. The Morgan fingerprint density at radius 2 is 1.96 bits per heavy atom. The van der Waals surface area contributed by atoms with Gasteiger partial charge in [-0.05, 0) is 25.0 Å². The van der Waals surface area contributed by atoms with Crippen LogP contribution in [0.2, 0.25) is 0 Å². The summed E-state index contributed by atoms with van der Waals surface area (Å²) in [6.45, 7) is 4.53. The van der Waals surface area contributed by atoms with Crippen molar-refractivity contribution in [1.29, 1.82) is 0 Å². The fourth-order valence-corrected chi connectivity index (χ4v) is 2.64. The minimum atomic E-state index is -0.343. The van der Waals surface area contributed by atoms with Crippen molar-refractivity contribution in [1.82, 2.24) is 15.3 Å². The molecule has 23 heavy (non-hydrogen) atoms. The number of hydrogen-bond donors (Lipinski definition) is 2. The maximum Gasteiger partial charge on any atom is 0.263 e. The van der Waals surface area contributed by atoms with Crippen LogP contribution >= 0.6 is 36.2 Å². The molecule has 0 saturated carbocycles. The van der Waals surface area contributed by atoms with Gasteiger partial charge in [-0.1, -0.05) is 19.9 Å². The molecule has 0 aliphatic carbocycles. The minimum absolute atomic E-state index is 0. The first-order chi connectivity index (χ1) is 10.1. The standard InChI is InChI=1S/C15H20N4OS.2ClH/c1-3-15(16,4-2)10-19-13(20)12-9-18-14(21-12)11-7-5-6-8-17-11;;/h5-9H,3-4,10,16H2,1-2H3,(H,19,20);2*1H. The lowest BCUT2D eigenvalue weighted by Gasteiger charge is -2.26. The predicted molar refractivity (Wildman–Crippen MR) is 99.7 cm³/mol. The van der Waals surface area contributed by atoms with Crippen molar-refractivity contribution in [2.75, 3.05) is 6.54 Å². The number of rotatable bonds is 6. The summed E-state index contributed by atoms with van der Waals surface area (Å²) in [5, 5.41) is 3.63. The van der Waals surface area contributed by atoms with Gasteiger partial charge in [0.25, 0.3) is 5.91 Å². The summed E-state index contributed by atoms with van der Waals surface area (Å²) < 4.78 is 0. The third-order valence-electron chi connectivity index (χ3n) is 3.62. The van der Waals surface area contributed by atoms with Crippen molar-refractivity contribution < 1.29 is 4.79 Å². The number of carbonyl (C=O) groups excluding carboxylic acids is 1. The molecule has 0 aliphatic rings. The zero-order valence-corrected chi connectivity index (χ0v) is 15.6. The van der Waals surface area contributed by atoms with Crippen LogP contribution < -0.4 is 11.1 Å². The zero-order valence-electron chi connectivity index (χ0n) is 13.1. The summed E-state index contributed by atoms with van der Waals surface area (Å²) in [5.41, 5.74) is 6.61. The third kappa shape index (κ3) is 5.73. The molecule has 2 aromatic heterocycles. The molecule has 0 aliphatic heterocycles. The fourth-order valence-electron chi connectivity index (χ4n) is 1.83. The highest BCUT2D eigenvalue weighted by Gasteiger charge is 2.22. The second kappa shape index (κ2) is 9.82. The monoisotopic (exact) mass is 376 g/mol. The van der Waals surface area contributed by atoms with Gasteiger partial charge in [0.05, 0.1) is 11.9 Å². The zero-order chi connectivity index (χ0) is 15.3. The minimum Gasteiger partial charge on any atom is -0.349 e. The van der Waals surface area contributed by atoms with E-state index in [1.807, 2.05) is 32.0 Å². The smallest absolute Gasteiger partial charge is 0.263 e. The number of thiazole rings is 1. The molecule has 0 bridgehead atoms. The van der Waals surface area contributed by atoms with Crippen LogP contribution in [0.5, 0.6) is 0 Å². The Kier molecular flexibility index (Phi) is 9.31. The van der Waals surface area contributed by atoms with E-state index in [0.717, 1.165) is 23.5 Å². The number of pyridine rings is 1.